The molecule has 0 bridgehead atoms. The summed E-state index contributed by atoms with van der Waals surface area (Å²) in [6, 6.07) is 5.77. The fourth-order valence-electron chi connectivity index (χ4n) is 2.02. The van der Waals surface area contributed by atoms with Crippen LogP contribution in [0.25, 0.3) is 0 Å². The number of benzene rings is 1. The number of carbonyl (C=O) groups excluding carboxylic acids is 1. The van der Waals surface area contributed by atoms with Crippen LogP contribution in [0.4, 0.5) is 0 Å². The summed E-state index contributed by atoms with van der Waals surface area (Å²) in [5.41, 5.74) is 0.575. The van der Waals surface area contributed by atoms with Gasteiger partial charge in [0, 0.05) is 12.1 Å². The molecule has 0 heterocycles. The minimum Gasteiger partial charge on any atom is -0.351 e. The highest BCUT2D eigenvalue weighted by molar-refractivity contribution is 7.89. The molecule has 0 unspecified atom stereocenters. The Morgan fingerprint density at radius 1 is 1.42 bits per heavy atom. The highest BCUT2D eigenvalue weighted by atomic mass is 32.2. The number of hydrogen-bond donors (Lipinski definition) is 2. The van der Waals surface area contributed by atoms with E-state index in [0.717, 1.165) is 19.3 Å². The molecule has 6 heteroatoms. The lowest BCUT2D eigenvalue weighted by Crippen LogP contribution is -2.30. The Hall–Kier alpha value is -1.40. The third kappa shape index (κ3) is 3.33. The SMILES string of the molecule is CCC1(CNC(=O)c2cccc(S(N)(=O)=O)c2)CC1. The maximum absolute atomic E-state index is 12.0. The van der Waals surface area contributed by atoms with Crippen molar-refractivity contribution in [2.75, 3.05) is 6.54 Å². The molecular weight excluding hydrogens is 264 g/mol. The number of carbonyl (C=O) groups is 1. The Labute approximate surface area is 113 Å². The molecule has 3 N–H and O–H groups in total. The Balaban J connectivity index is 2.07. The topological polar surface area (TPSA) is 89.3 Å². The molecule has 0 saturated heterocycles. The van der Waals surface area contributed by atoms with Gasteiger partial charge in [0.05, 0.1) is 4.90 Å². The highest BCUT2D eigenvalue weighted by Gasteiger charge is 2.40. The first kappa shape index (κ1) is 14.0. The van der Waals surface area contributed by atoms with Gasteiger partial charge in [0.2, 0.25) is 10.0 Å². The van der Waals surface area contributed by atoms with E-state index in [2.05, 4.69) is 12.2 Å². The van der Waals surface area contributed by atoms with Crippen molar-refractivity contribution in [3.05, 3.63) is 29.8 Å². The average molecular weight is 282 g/mol. The van der Waals surface area contributed by atoms with E-state index in [9.17, 15) is 13.2 Å². The molecule has 0 atom stereocenters. The largest absolute Gasteiger partial charge is 0.351 e. The lowest BCUT2D eigenvalue weighted by molar-refractivity contribution is 0.0944. The van der Waals surface area contributed by atoms with Crippen LogP contribution in [0.5, 0.6) is 0 Å². The fraction of sp³-hybridized carbons (Fsp3) is 0.462. The van der Waals surface area contributed by atoms with Crippen molar-refractivity contribution in [3.8, 4) is 0 Å². The molecule has 1 fully saturated rings. The zero-order valence-electron chi connectivity index (χ0n) is 10.8. The lowest BCUT2D eigenvalue weighted by Gasteiger charge is -2.13. The summed E-state index contributed by atoms with van der Waals surface area (Å²) in [5.74, 6) is -0.259. The van der Waals surface area contributed by atoms with Crippen LogP contribution in [0.15, 0.2) is 29.2 Å². The Bertz CT molecular complexity index is 592. The highest BCUT2D eigenvalue weighted by Crippen LogP contribution is 2.47. The molecule has 1 aliphatic rings. The van der Waals surface area contributed by atoms with Gasteiger partial charge < -0.3 is 5.32 Å². The van der Waals surface area contributed by atoms with Gasteiger partial charge in [-0.25, -0.2) is 13.6 Å². The summed E-state index contributed by atoms with van der Waals surface area (Å²) < 4.78 is 22.5. The molecule has 2 rings (SSSR count). The fourth-order valence-corrected chi connectivity index (χ4v) is 2.58. The van der Waals surface area contributed by atoms with E-state index in [1.807, 2.05) is 0 Å². The zero-order valence-corrected chi connectivity index (χ0v) is 11.7. The van der Waals surface area contributed by atoms with Crippen LogP contribution in [0.2, 0.25) is 0 Å². The van der Waals surface area contributed by atoms with E-state index in [1.165, 1.54) is 18.2 Å². The third-order valence-corrected chi connectivity index (χ3v) is 4.67. The van der Waals surface area contributed by atoms with Crippen LogP contribution in [0.1, 0.15) is 36.5 Å². The van der Waals surface area contributed by atoms with Crippen molar-refractivity contribution in [3.63, 3.8) is 0 Å². The van der Waals surface area contributed by atoms with Crippen molar-refractivity contribution >= 4 is 15.9 Å². The summed E-state index contributed by atoms with van der Waals surface area (Å²) in [6.07, 6.45) is 3.33. The van der Waals surface area contributed by atoms with E-state index in [4.69, 9.17) is 5.14 Å². The molecule has 0 spiro atoms. The lowest BCUT2D eigenvalue weighted by atomic mass is 10.0. The molecule has 19 heavy (non-hydrogen) atoms. The van der Waals surface area contributed by atoms with E-state index in [0.29, 0.717) is 12.1 Å². The molecule has 104 valence electrons. The maximum Gasteiger partial charge on any atom is 0.251 e. The second kappa shape index (κ2) is 4.94. The van der Waals surface area contributed by atoms with Crippen LogP contribution in [0, 0.1) is 5.41 Å². The Kier molecular flexibility index (Phi) is 3.64. The second-order valence-electron chi connectivity index (χ2n) is 5.11. The van der Waals surface area contributed by atoms with Crippen LogP contribution in [-0.2, 0) is 10.0 Å². The van der Waals surface area contributed by atoms with Gasteiger partial charge in [-0.3, -0.25) is 4.79 Å². The summed E-state index contributed by atoms with van der Waals surface area (Å²) in [5, 5.41) is 7.90. The van der Waals surface area contributed by atoms with Gasteiger partial charge in [0.25, 0.3) is 5.91 Å². The molecule has 1 aromatic rings. The van der Waals surface area contributed by atoms with Gasteiger partial charge in [-0.15, -0.1) is 0 Å². The summed E-state index contributed by atoms with van der Waals surface area (Å²) >= 11 is 0. The molecule has 1 aromatic carbocycles. The van der Waals surface area contributed by atoms with Crippen LogP contribution >= 0.6 is 0 Å². The first-order chi connectivity index (χ1) is 8.86. The number of primary sulfonamides is 1. The minimum absolute atomic E-state index is 0.0447. The number of amides is 1. The first-order valence-corrected chi connectivity index (χ1v) is 7.82. The predicted molar refractivity (Wildman–Crippen MR) is 72.1 cm³/mol. The van der Waals surface area contributed by atoms with Gasteiger partial charge in [-0.1, -0.05) is 13.0 Å². The molecular formula is C13H18N2O3S. The molecule has 1 amide bonds. The standard InChI is InChI=1S/C13H18N2O3S/c1-2-13(6-7-13)9-15-12(16)10-4-3-5-11(8-10)19(14,17)18/h3-5,8H,2,6-7,9H2,1H3,(H,15,16)(H2,14,17,18). The normalized spacial score (nSPS) is 16.9. The molecule has 0 radical (unpaired) electrons. The Morgan fingerprint density at radius 2 is 2.11 bits per heavy atom. The van der Waals surface area contributed by atoms with Gasteiger partial charge in [0.1, 0.15) is 0 Å². The number of nitrogens with two attached hydrogens (primary N) is 1. The number of hydrogen-bond acceptors (Lipinski definition) is 3. The third-order valence-electron chi connectivity index (χ3n) is 3.76. The summed E-state index contributed by atoms with van der Waals surface area (Å²) in [4.78, 5) is 11.9. The molecule has 0 aromatic heterocycles. The van der Waals surface area contributed by atoms with Crippen LogP contribution < -0.4 is 10.5 Å². The Morgan fingerprint density at radius 3 is 2.63 bits per heavy atom. The predicted octanol–water partition coefficient (Wildman–Crippen LogP) is 1.25. The van der Waals surface area contributed by atoms with E-state index < -0.39 is 10.0 Å². The van der Waals surface area contributed by atoms with Crippen molar-refractivity contribution in [1.82, 2.24) is 5.32 Å². The van der Waals surface area contributed by atoms with Gasteiger partial charge in [-0.05, 0) is 42.9 Å². The first-order valence-electron chi connectivity index (χ1n) is 6.27. The smallest absolute Gasteiger partial charge is 0.251 e. The van der Waals surface area contributed by atoms with E-state index in [-0.39, 0.29) is 16.2 Å². The van der Waals surface area contributed by atoms with E-state index >= 15 is 0 Å². The van der Waals surface area contributed by atoms with Crippen molar-refractivity contribution in [1.29, 1.82) is 0 Å². The van der Waals surface area contributed by atoms with Crippen molar-refractivity contribution in [2.45, 2.75) is 31.1 Å². The monoisotopic (exact) mass is 282 g/mol. The minimum atomic E-state index is -3.77. The van der Waals surface area contributed by atoms with Gasteiger partial charge in [-0.2, -0.15) is 0 Å². The molecule has 1 aliphatic carbocycles. The van der Waals surface area contributed by atoms with Gasteiger partial charge >= 0.3 is 0 Å². The van der Waals surface area contributed by atoms with Crippen LogP contribution in [-0.4, -0.2) is 20.9 Å². The van der Waals surface area contributed by atoms with E-state index in [1.54, 1.807) is 6.07 Å². The maximum atomic E-state index is 12.0. The number of rotatable bonds is 5. The van der Waals surface area contributed by atoms with Crippen LogP contribution in [0.3, 0.4) is 0 Å². The summed E-state index contributed by atoms with van der Waals surface area (Å²) in [7, 11) is -3.77. The molecule has 1 saturated carbocycles. The zero-order chi connectivity index (χ0) is 14.1. The quantitative estimate of drug-likeness (QED) is 0.851. The number of sulfonamides is 1. The molecule has 0 aliphatic heterocycles. The average Bonchev–Trinajstić information content (AvgIpc) is 3.16. The number of nitrogens with one attached hydrogen (secondary N) is 1. The second-order valence-corrected chi connectivity index (χ2v) is 6.67. The van der Waals surface area contributed by atoms with Gasteiger partial charge in [0.15, 0.2) is 0 Å². The van der Waals surface area contributed by atoms with Crippen molar-refractivity contribution in [2.24, 2.45) is 10.6 Å². The van der Waals surface area contributed by atoms with Crippen molar-refractivity contribution < 1.29 is 13.2 Å². The summed E-state index contributed by atoms with van der Waals surface area (Å²) in [6.45, 7) is 2.75. The molecule has 5 nitrogen and oxygen atoms in total.